The molecule has 0 aliphatic carbocycles. The van der Waals surface area contributed by atoms with Crippen LogP contribution in [-0.2, 0) is 12.3 Å². The molecule has 3 aromatic rings. The van der Waals surface area contributed by atoms with E-state index in [1.54, 1.807) is 4.57 Å². The number of aromatic nitrogens is 5. The Morgan fingerprint density at radius 1 is 1.35 bits per heavy atom. The van der Waals surface area contributed by atoms with Crippen LogP contribution in [-0.4, -0.2) is 25.0 Å². The third-order valence-corrected chi connectivity index (χ3v) is 4.19. The first-order valence-electron chi connectivity index (χ1n) is 7.35. The maximum absolute atomic E-state index is 11.6. The van der Waals surface area contributed by atoms with Crippen molar-refractivity contribution >= 4 is 11.8 Å². The van der Waals surface area contributed by atoms with E-state index < -0.39 is 0 Å². The van der Waals surface area contributed by atoms with Crippen molar-refractivity contribution in [3.05, 3.63) is 46.2 Å². The Morgan fingerprint density at radius 2 is 2.22 bits per heavy atom. The van der Waals surface area contributed by atoms with Crippen LogP contribution in [0, 0.1) is 6.92 Å². The van der Waals surface area contributed by atoms with E-state index in [0.29, 0.717) is 29.2 Å². The SMILES string of the molecule is CCCn1c(SCc2nnc(-c3cccc(C)c3)o2)n[nH]c1=O. The first-order valence-corrected chi connectivity index (χ1v) is 8.33. The normalized spacial score (nSPS) is 11.0. The topological polar surface area (TPSA) is 89.6 Å². The van der Waals surface area contributed by atoms with E-state index in [1.165, 1.54) is 11.8 Å². The standard InChI is InChI=1S/C15H17N5O2S/c1-3-7-20-14(21)18-19-15(20)23-9-12-16-17-13(22-12)11-6-4-5-10(2)8-11/h4-6,8H,3,7,9H2,1-2H3,(H,18,21). The highest BCUT2D eigenvalue weighted by Crippen LogP contribution is 2.23. The number of H-pyrrole nitrogens is 1. The first kappa shape index (κ1) is 15.5. The van der Waals surface area contributed by atoms with Gasteiger partial charge in [0.05, 0.1) is 5.75 Å². The highest BCUT2D eigenvalue weighted by molar-refractivity contribution is 7.98. The summed E-state index contributed by atoms with van der Waals surface area (Å²) in [5.74, 6) is 1.47. The van der Waals surface area contributed by atoms with Gasteiger partial charge in [-0.3, -0.25) is 4.57 Å². The van der Waals surface area contributed by atoms with Gasteiger partial charge in [0.1, 0.15) is 0 Å². The second-order valence-electron chi connectivity index (χ2n) is 5.12. The highest BCUT2D eigenvalue weighted by atomic mass is 32.2. The largest absolute Gasteiger partial charge is 0.420 e. The molecule has 7 nitrogen and oxygen atoms in total. The maximum Gasteiger partial charge on any atom is 0.343 e. The van der Waals surface area contributed by atoms with Crippen molar-refractivity contribution in [3.8, 4) is 11.5 Å². The lowest BCUT2D eigenvalue weighted by Gasteiger charge is -2.01. The Labute approximate surface area is 137 Å². The highest BCUT2D eigenvalue weighted by Gasteiger charge is 2.12. The lowest BCUT2D eigenvalue weighted by Crippen LogP contribution is -2.17. The van der Waals surface area contributed by atoms with E-state index in [0.717, 1.165) is 17.5 Å². The van der Waals surface area contributed by atoms with Gasteiger partial charge in [0.2, 0.25) is 11.8 Å². The molecule has 0 aliphatic heterocycles. The summed E-state index contributed by atoms with van der Waals surface area (Å²) in [6.45, 7) is 4.66. The molecule has 3 rings (SSSR count). The molecule has 0 amide bonds. The van der Waals surface area contributed by atoms with E-state index in [-0.39, 0.29) is 5.69 Å². The molecule has 120 valence electrons. The smallest absolute Gasteiger partial charge is 0.343 e. The predicted molar refractivity (Wildman–Crippen MR) is 87.2 cm³/mol. The lowest BCUT2D eigenvalue weighted by atomic mass is 10.1. The van der Waals surface area contributed by atoms with Crippen molar-refractivity contribution in [2.75, 3.05) is 0 Å². The fourth-order valence-electron chi connectivity index (χ4n) is 2.17. The summed E-state index contributed by atoms with van der Waals surface area (Å²) in [6, 6.07) is 7.90. The molecule has 0 bridgehead atoms. The molecule has 0 fully saturated rings. The summed E-state index contributed by atoms with van der Waals surface area (Å²) >= 11 is 1.40. The van der Waals surface area contributed by atoms with Crippen LogP contribution in [0.5, 0.6) is 0 Å². The van der Waals surface area contributed by atoms with Crippen molar-refractivity contribution in [1.29, 1.82) is 0 Å². The van der Waals surface area contributed by atoms with E-state index in [1.807, 2.05) is 38.1 Å². The Balaban J connectivity index is 1.72. The van der Waals surface area contributed by atoms with Crippen molar-refractivity contribution in [1.82, 2.24) is 25.0 Å². The second kappa shape index (κ2) is 6.82. The van der Waals surface area contributed by atoms with Crippen LogP contribution >= 0.6 is 11.8 Å². The molecule has 0 aliphatic rings. The summed E-state index contributed by atoms with van der Waals surface area (Å²) in [5.41, 5.74) is 1.84. The quantitative estimate of drug-likeness (QED) is 0.698. The number of aryl methyl sites for hydroxylation is 1. The van der Waals surface area contributed by atoms with Gasteiger partial charge < -0.3 is 4.42 Å². The second-order valence-corrected chi connectivity index (χ2v) is 6.06. The molecule has 1 N–H and O–H groups in total. The van der Waals surface area contributed by atoms with E-state index >= 15 is 0 Å². The third kappa shape index (κ3) is 3.53. The van der Waals surface area contributed by atoms with Gasteiger partial charge in [-0.15, -0.1) is 15.3 Å². The van der Waals surface area contributed by atoms with E-state index in [2.05, 4.69) is 20.4 Å². The minimum atomic E-state index is -0.194. The number of thioether (sulfide) groups is 1. The molecular formula is C15H17N5O2S. The average Bonchev–Trinajstić information content (AvgIpc) is 3.14. The number of hydrogen-bond donors (Lipinski definition) is 1. The van der Waals surface area contributed by atoms with Crippen LogP contribution in [0.4, 0.5) is 0 Å². The maximum atomic E-state index is 11.6. The summed E-state index contributed by atoms with van der Waals surface area (Å²) in [4.78, 5) is 11.6. The van der Waals surface area contributed by atoms with Crippen LogP contribution in [0.15, 0.2) is 38.6 Å². The zero-order chi connectivity index (χ0) is 16.2. The van der Waals surface area contributed by atoms with Crippen molar-refractivity contribution in [3.63, 3.8) is 0 Å². The summed E-state index contributed by atoms with van der Waals surface area (Å²) in [5, 5.41) is 15.3. The molecule has 0 saturated carbocycles. The van der Waals surface area contributed by atoms with Gasteiger partial charge in [0, 0.05) is 12.1 Å². The van der Waals surface area contributed by atoms with Crippen molar-refractivity contribution < 1.29 is 4.42 Å². The fraction of sp³-hybridized carbons (Fsp3) is 0.333. The van der Waals surface area contributed by atoms with Crippen LogP contribution < -0.4 is 5.69 Å². The van der Waals surface area contributed by atoms with Crippen LogP contribution in [0.3, 0.4) is 0 Å². The molecule has 0 spiro atoms. The summed E-state index contributed by atoms with van der Waals surface area (Å²) < 4.78 is 7.30. The minimum Gasteiger partial charge on any atom is -0.420 e. The van der Waals surface area contributed by atoms with Crippen LogP contribution in [0.1, 0.15) is 24.8 Å². The Kier molecular flexibility index (Phi) is 4.61. The van der Waals surface area contributed by atoms with Gasteiger partial charge in [-0.25, -0.2) is 9.89 Å². The van der Waals surface area contributed by atoms with Crippen LogP contribution in [0.2, 0.25) is 0 Å². The molecule has 2 aromatic heterocycles. The molecule has 8 heteroatoms. The molecule has 23 heavy (non-hydrogen) atoms. The van der Waals surface area contributed by atoms with Crippen LogP contribution in [0.25, 0.3) is 11.5 Å². The average molecular weight is 331 g/mol. The molecule has 1 aromatic carbocycles. The number of hydrogen-bond acceptors (Lipinski definition) is 6. The van der Waals surface area contributed by atoms with Gasteiger partial charge >= 0.3 is 5.69 Å². The van der Waals surface area contributed by atoms with E-state index in [4.69, 9.17) is 4.42 Å². The van der Waals surface area contributed by atoms with Gasteiger partial charge in [-0.2, -0.15) is 0 Å². The predicted octanol–water partition coefficient (Wildman–Crippen LogP) is 2.63. The number of nitrogens with one attached hydrogen (secondary N) is 1. The number of aromatic amines is 1. The molecule has 0 radical (unpaired) electrons. The summed E-state index contributed by atoms with van der Waals surface area (Å²) in [6.07, 6.45) is 0.866. The number of nitrogens with zero attached hydrogens (tertiary/aromatic N) is 4. The molecular weight excluding hydrogens is 314 g/mol. The fourth-order valence-corrected chi connectivity index (χ4v) is 2.98. The van der Waals surface area contributed by atoms with Gasteiger partial charge in [0.15, 0.2) is 5.16 Å². The van der Waals surface area contributed by atoms with Gasteiger partial charge in [0.25, 0.3) is 0 Å². The Hall–Kier alpha value is -2.35. The van der Waals surface area contributed by atoms with Gasteiger partial charge in [-0.1, -0.05) is 36.4 Å². The van der Waals surface area contributed by atoms with Crippen molar-refractivity contribution in [2.24, 2.45) is 0 Å². The Bertz CT molecular complexity index is 851. The number of benzene rings is 1. The molecule has 0 atom stereocenters. The molecule has 2 heterocycles. The Morgan fingerprint density at radius 3 is 3.00 bits per heavy atom. The monoisotopic (exact) mass is 331 g/mol. The first-order chi connectivity index (χ1) is 11.2. The lowest BCUT2D eigenvalue weighted by molar-refractivity contribution is 0.527. The zero-order valence-corrected chi connectivity index (χ0v) is 13.8. The van der Waals surface area contributed by atoms with Crippen molar-refractivity contribution in [2.45, 2.75) is 37.7 Å². The molecule has 0 unspecified atom stereocenters. The van der Waals surface area contributed by atoms with E-state index in [9.17, 15) is 4.79 Å². The zero-order valence-electron chi connectivity index (χ0n) is 12.9. The number of rotatable bonds is 6. The molecule has 0 saturated heterocycles. The minimum absolute atomic E-state index is 0.194. The third-order valence-electron chi connectivity index (χ3n) is 3.23. The summed E-state index contributed by atoms with van der Waals surface area (Å²) in [7, 11) is 0. The van der Waals surface area contributed by atoms with Gasteiger partial charge in [-0.05, 0) is 25.5 Å².